The molecule has 0 bridgehead atoms. The van der Waals surface area contributed by atoms with E-state index in [-0.39, 0.29) is 12.5 Å². The maximum absolute atomic E-state index is 13.1. The Bertz CT molecular complexity index is 1300. The summed E-state index contributed by atoms with van der Waals surface area (Å²) in [4.78, 5) is 31.2. The van der Waals surface area contributed by atoms with Gasteiger partial charge in [-0.25, -0.2) is 0 Å². The molecule has 1 aliphatic rings. The Morgan fingerprint density at radius 3 is 2.32 bits per heavy atom. The highest BCUT2D eigenvalue weighted by Crippen LogP contribution is 2.30. The van der Waals surface area contributed by atoms with Crippen molar-refractivity contribution in [2.75, 3.05) is 33.3 Å². The van der Waals surface area contributed by atoms with Crippen molar-refractivity contribution < 1.29 is 14.3 Å². The number of aromatic amines is 1. The lowest BCUT2D eigenvalue weighted by molar-refractivity contribution is -0.108. The number of aldehydes is 1. The molecule has 6 nitrogen and oxygen atoms in total. The van der Waals surface area contributed by atoms with Crippen molar-refractivity contribution in [3.63, 3.8) is 0 Å². The molecule has 0 radical (unpaired) electrons. The molecular formula is C32H37N3O3. The van der Waals surface area contributed by atoms with Crippen LogP contribution in [0, 0.1) is 12.8 Å². The predicted octanol–water partition coefficient (Wildman–Crippen LogP) is 5.72. The van der Waals surface area contributed by atoms with Gasteiger partial charge < -0.3 is 24.3 Å². The number of aromatic nitrogens is 1. The van der Waals surface area contributed by atoms with Crippen LogP contribution in [0.3, 0.4) is 0 Å². The zero-order valence-electron chi connectivity index (χ0n) is 22.3. The number of carbonyl (C=O) groups excluding carboxylic acids is 2. The van der Waals surface area contributed by atoms with Crippen LogP contribution in [0.4, 0.5) is 0 Å². The molecule has 0 saturated heterocycles. The van der Waals surface area contributed by atoms with Crippen LogP contribution in [0.25, 0.3) is 10.9 Å². The van der Waals surface area contributed by atoms with Gasteiger partial charge in [-0.3, -0.25) is 4.79 Å². The Kier molecular flexibility index (Phi) is 9.71. The van der Waals surface area contributed by atoms with E-state index in [1.807, 2.05) is 67.7 Å². The monoisotopic (exact) mass is 511 g/mol. The molecular weight excluding hydrogens is 474 g/mol. The smallest absolute Gasteiger partial charge is 0.270 e. The standard InChI is InChI=1S/C25H29N3O3.C7H8/c1-27(17-19-5-3-2-4-6-19)11-12-28(13-14-29)25(30)24-16-21-15-22(9-10-23(21)26-24)31-18-20-7-8-20;1-7-5-3-2-4-6-7/h2-6,9-10,14-16,20,26H,7-8,11-13,17-18H2,1H3;2-6H,1H3. The number of aryl methyl sites for hydroxylation is 1. The second kappa shape index (κ2) is 13.6. The van der Waals surface area contributed by atoms with Gasteiger partial charge in [0.1, 0.15) is 17.7 Å². The summed E-state index contributed by atoms with van der Waals surface area (Å²) in [7, 11) is 2.02. The van der Waals surface area contributed by atoms with E-state index in [4.69, 9.17) is 4.74 Å². The van der Waals surface area contributed by atoms with E-state index in [9.17, 15) is 9.59 Å². The lowest BCUT2D eigenvalue weighted by atomic mass is 10.2. The molecule has 5 rings (SSSR count). The number of nitrogens with one attached hydrogen (secondary N) is 1. The van der Waals surface area contributed by atoms with E-state index in [1.54, 1.807) is 4.90 Å². The number of ether oxygens (including phenoxy) is 1. The first-order valence-corrected chi connectivity index (χ1v) is 13.2. The van der Waals surface area contributed by atoms with Gasteiger partial charge in [-0.2, -0.15) is 0 Å². The molecule has 1 N–H and O–H groups in total. The Hall–Kier alpha value is -3.90. The van der Waals surface area contributed by atoms with Crippen molar-refractivity contribution in [2.45, 2.75) is 26.3 Å². The summed E-state index contributed by atoms with van der Waals surface area (Å²) in [6, 6.07) is 28.1. The first-order chi connectivity index (χ1) is 18.5. The molecule has 1 saturated carbocycles. The second-order valence-electron chi connectivity index (χ2n) is 9.98. The highest BCUT2D eigenvalue weighted by molar-refractivity contribution is 5.99. The average Bonchev–Trinajstić information content (AvgIpc) is 3.67. The third-order valence-corrected chi connectivity index (χ3v) is 6.57. The maximum Gasteiger partial charge on any atom is 0.270 e. The van der Waals surface area contributed by atoms with Crippen LogP contribution in [0.2, 0.25) is 0 Å². The molecule has 1 aliphatic carbocycles. The molecule has 0 atom stereocenters. The summed E-state index contributed by atoms with van der Waals surface area (Å²) < 4.78 is 5.85. The molecule has 6 heteroatoms. The molecule has 0 aliphatic heterocycles. The number of amides is 1. The van der Waals surface area contributed by atoms with Crippen molar-refractivity contribution in [3.05, 3.63) is 102 Å². The Morgan fingerprint density at radius 2 is 1.68 bits per heavy atom. The summed E-state index contributed by atoms with van der Waals surface area (Å²) in [5, 5.41) is 0.934. The number of carbonyl (C=O) groups is 2. The Balaban J connectivity index is 0.000000417. The summed E-state index contributed by atoms with van der Waals surface area (Å²) in [5.41, 5.74) is 3.91. The fraction of sp³-hybridized carbons (Fsp3) is 0.312. The van der Waals surface area contributed by atoms with Crippen molar-refractivity contribution >= 4 is 23.1 Å². The van der Waals surface area contributed by atoms with Gasteiger partial charge in [-0.1, -0.05) is 66.2 Å². The van der Waals surface area contributed by atoms with Crippen LogP contribution in [0.1, 0.15) is 34.5 Å². The van der Waals surface area contributed by atoms with Gasteiger partial charge in [0, 0.05) is 30.5 Å². The average molecular weight is 512 g/mol. The van der Waals surface area contributed by atoms with Gasteiger partial charge in [0.05, 0.1) is 13.2 Å². The quantitative estimate of drug-likeness (QED) is 0.261. The van der Waals surface area contributed by atoms with E-state index in [2.05, 4.69) is 41.1 Å². The van der Waals surface area contributed by atoms with Gasteiger partial charge in [0.15, 0.2) is 0 Å². The van der Waals surface area contributed by atoms with Crippen molar-refractivity contribution in [2.24, 2.45) is 5.92 Å². The van der Waals surface area contributed by atoms with Crippen molar-refractivity contribution in [3.8, 4) is 5.75 Å². The third kappa shape index (κ3) is 8.32. The fourth-order valence-corrected chi connectivity index (χ4v) is 4.15. The summed E-state index contributed by atoms with van der Waals surface area (Å²) in [6.07, 6.45) is 3.28. The number of hydrogen-bond acceptors (Lipinski definition) is 4. The number of hydrogen-bond donors (Lipinski definition) is 1. The number of H-pyrrole nitrogens is 1. The summed E-state index contributed by atoms with van der Waals surface area (Å²) in [5.74, 6) is 1.34. The molecule has 0 unspecified atom stereocenters. The zero-order chi connectivity index (χ0) is 26.7. The Labute approximate surface area is 225 Å². The molecule has 3 aromatic carbocycles. The zero-order valence-corrected chi connectivity index (χ0v) is 22.3. The van der Waals surface area contributed by atoms with E-state index in [0.29, 0.717) is 24.7 Å². The minimum atomic E-state index is -0.170. The van der Waals surface area contributed by atoms with Crippen LogP contribution in [-0.2, 0) is 11.3 Å². The minimum Gasteiger partial charge on any atom is -0.493 e. The molecule has 4 aromatic rings. The van der Waals surface area contributed by atoms with Crippen LogP contribution >= 0.6 is 0 Å². The first kappa shape index (κ1) is 27.1. The van der Waals surface area contributed by atoms with Crippen molar-refractivity contribution in [1.29, 1.82) is 0 Å². The number of rotatable bonds is 11. The van der Waals surface area contributed by atoms with Gasteiger partial charge in [0.2, 0.25) is 0 Å². The van der Waals surface area contributed by atoms with Crippen LogP contribution in [-0.4, -0.2) is 60.3 Å². The summed E-state index contributed by atoms with van der Waals surface area (Å²) >= 11 is 0. The largest absolute Gasteiger partial charge is 0.493 e. The molecule has 0 spiro atoms. The SMILES string of the molecule is CN(CCN(CC=O)C(=O)c1cc2cc(OCC3CC3)ccc2[nH]1)Cc1ccccc1.Cc1ccccc1. The second-order valence-corrected chi connectivity index (χ2v) is 9.98. The van der Waals surface area contributed by atoms with Crippen LogP contribution in [0.15, 0.2) is 84.9 Å². The van der Waals surface area contributed by atoms with Gasteiger partial charge in [-0.05, 0) is 62.6 Å². The molecule has 198 valence electrons. The van der Waals surface area contributed by atoms with E-state index < -0.39 is 0 Å². The number of likely N-dealkylation sites (N-methyl/N-ethyl adjacent to an activating group) is 1. The maximum atomic E-state index is 13.1. The minimum absolute atomic E-state index is 0.0725. The van der Waals surface area contributed by atoms with Crippen molar-refractivity contribution in [1.82, 2.24) is 14.8 Å². The van der Waals surface area contributed by atoms with Gasteiger partial charge in [0.25, 0.3) is 5.91 Å². The number of nitrogens with zero attached hydrogens (tertiary/aromatic N) is 2. The first-order valence-electron chi connectivity index (χ1n) is 13.2. The molecule has 38 heavy (non-hydrogen) atoms. The van der Waals surface area contributed by atoms with Gasteiger partial charge >= 0.3 is 0 Å². The van der Waals surface area contributed by atoms with Crippen LogP contribution < -0.4 is 4.74 Å². The predicted molar refractivity (Wildman–Crippen MR) is 152 cm³/mol. The lowest BCUT2D eigenvalue weighted by Gasteiger charge is -2.23. The Morgan fingerprint density at radius 1 is 0.974 bits per heavy atom. The fourth-order valence-electron chi connectivity index (χ4n) is 4.15. The topological polar surface area (TPSA) is 65.6 Å². The van der Waals surface area contributed by atoms with E-state index >= 15 is 0 Å². The highest BCUT2D eigenvalue weighted by Gasteiger charge is 2.22. The van der Waals surface area contributed by atoms with E-state index in [0.717, 1.165) is 36.1 Å². The number of benzene rings is 3. The highest BCUT2D eigenvalue weighted by atomic mass is 16.5. The number of fused-ring (bicyclic) bond motifs is 1. The van der Waals surface area contributed by atoms with Gasteiger partial charge in [-0.15, -0.1) is 0 Å². The molecule has 1 aromatic heterocycles. The van der Waals surface area contributed by atoms with Crippen LogP contribution in [0.5, 0.6) is 5.75 Å². The summed E-state index contributed by atoms with van der Waals surface area (Å²) in [6.45, 7) is 4.86. The lowest BCUT2D eigenvalue weighted by Crippen LogP contribution is -2.38. The molecule has 1 amide bonds. The molecule has 1 heterocycles. The third-order valence-electron chi connectivity index (χ3n) is 6.57. The molecule has 1 fully saturated rings. The van der Waals surface area contributed by atoms with E-state index in [1.165, 1.54) is 24.0 Å². The normalized spacial score (nSPS) is 12.6.